The Morgan fingerprint density at radius 1 is 1.19 bits per heavy atom. The molecule has 0 saturated heterocycles. The molecule has 1 rings (SSSR count). The third-order valence-electron chi connectivity index (χ3n) is 4.59. The van der Waals surface area contributed by atoms with Crippen LogP contribution in [-0.4, -0.2) is 12.6 Å². The number of hydrogen-bond donors (Lipinski definition) is 0. The first-order valence-corrected chi connectivity index (χ1v) is 6.51. The van der Waals surface area contributed by atoms with E-state index in [0.717, 1.165) is 6.42 Å². The maximum absolute atomic E-state index is 10.7. The molecule has 0 aromatic carbocycles. The molecule has 2 nitrogen and oxygen atoms in total. The fraction of sp³-hybridized carbons (Fsp3) is 0.929. The quantitative estimate of drug-likeness (QED) is 0.536. The van der Waals surface area contributed by atoms with Crippen LogP contribution >= 0.6 is 0 Å². The van der Waals surface area contributed by atoms with Crippen LogP contribution in [0.15, 0.2) is 0 Å². The molecule has 1 aliphatic carbocycles. The minimum Gasteiger partial charge on any atom is -0.466 e. The highest BCUT2D eigenvalue weighted by atomic mass is 16.5. The van der Waals surface area contributed by atoms with Gasteiger partial charge in [0.25, 0.3) is 0 Å². The van der Waals surface area contributed by atoms with Gasteiger partial charge in [-0.25, -0.2) is 0 Å². The van der Waals surface area contributed by atoms with Crippen LogP contribution in [0, 0.1) is 10.8 Å². The van der Waals surface area contributed by atoms with Crippen molar-refractivity contribution in [1.29, 1.82) is 0 Å². The highest BCUT2D eigenvalue weighted by Crippen LogP contribution is 2.52. The van der Waals surface area contributed by atoms with Crippen molar-refractivity contribution in [2.75, 3.05) is 6.61 Å². The zero-order valence-corrected chi connectivity index (χ0v) is 11.3. The van der Waals surface area contributed by atoms with Gasteiger partial charge >= 0.3 is 5.97 Å². The van der Waals surface area contributed by atoms with E-state index in [1.54, 1.807) is 0 Å². The molecule has 0 amide bonds. The molecule has 0 bridgehead atoms. The summed E-state index contributed by atoms with van der Waals surface area (Å²) in [6.07, 6.45) is 7.55. The van der Waals surface area contributed by atoms with Crippen LogP contribution in [0.3, 0.4) is 0 Å². The lowest BCUT2D eigenvalue weighted by Crippen LogP contribution is -2.38. The molecule has 0 spiro atoms. The molecule has 0 aromatic rings. The molecule has 0 radical (unpaired) electrons. The Morgan fingerprint density at radius 2 is 1.81 bits per heavy atom. The van der Waals surface area contributed by atoms with Crippen molar-refractivity contribution in [3.8, 4) is 0 Å². The third-order valence-corrected chi connectivity index (χ3v) is 4.59. The molecule has 94 valence electrons. The smallest absolute Gasteiger partial charge is 0.302 e. The van der Waals surface area contributed by atoms with Crippen LogP contribution < -0.4 is 0 Å². The van der Waals surface area contributed by atoms with Crippen molar-refractivity contribution in [3.63, 3.8) is 0 Å². The molecule has 0 heterocycles. The summed E-state index contributed by atoms with van der Waals surface area (Å²) in [6, 6.07) is 0. The van der Waals surface area contributed by atoms with E-state index in [9.17, 15) is 4.79 Å². The van der Waals surface area contributed by atoms with E-state index in [0.29, 0.717) is 17.4 Å². The lowest BCUT2D eigenvalue weighted by atomic mass is 9.57. The molecule has 0 unspecified atom stereocenters. The predicted octanol–water partition coefficient (Wildman–Crippen LogP) is 3.94. The van der Waals surface area contributed by atoms with Gasteiger partial charge in [0, 0.05) is 6.92 Å². The van der Waals surface area contributed by atoms with Crippen LogP contribution in [-0.2, 0) is 9.53 Å². The number of carbonyl (C=O) groups is 1. The summed E-state index contributed by atoms with van der Waals surface area (Å²) in [5.41, 5.74) is 0.854. The average Bonchev–Trinajstić information content (AvgIpc) is 2.18. The van der Waals surface area contributed by atoms with E-state index in [-0.39, 0.29) is 5.97 Å². The molecule has 1 fully saturated rings. The Hall–Kier alpha value is -0.530. The van der Waals surface area contributed by atoms with Gasteiger partial charge in [0.05, 0.1) is 6.61 Å². The Balaban J connectivity index is 2.40. The van der Waals surface area contributed by atoms with Gasteiger partial charge in [-0.2, -0.15) is 0 Å². The van der Waals surface area contributed by atoms with E-state index < -0.39 is 0 Å². The number of hydrogen-bond acceptors (Lipinski definition) is 2. The molecular weight excluding hydrogens is 200 g/mol. The van der Waals surface area contributed by atoms with Gasteiger partial charge < -0.3 is 4.74 Å². The first kappa shape index (κ1) is 13.5. The second kappa shape index (κ2) is 5.20. The van der Waals surface area contributed by atoms with Gasteiger partial charge in [-0.3, -0.25) is 4.79 Å². The van der Waals surface area contributed by atoms with Crippen LogP contribution in [0.1, 0.15) is 66.2 Å². The lowest BCUT2D eigenvalue weighted by molar-refractivity contribution is -0.141. The normalized spacial score (nSPS) is 28.8. The fourth-order valence-electron chi connectivity index (χ4n) is 2.86. The first-order valence-electron chi connectivity index (χ1n) is 6.51. The highest BCUT2D eigenvalue weighted by Gasteiger charge is 2.41. The predicted molar refractivity (Wildman–Crippen MR) is 66.2 cm³/mol. The van der Waals surface area contributed by atoms with Gasteiger partial charge in [0.2, 0.25) is 0 Å². The van der Waals surface area contributed by atoms with E-state index in [4.69, 9.17) is 4.74 Å². The van der Waals surface area contributed by atoms with Crippen molar-refractivity contribution >= 4 is 5.97 Å². The number of carbonyl (C=O) groups excluding carboxylic acids is 1. The maximum atomic E-state index is 10.7. The number of rotatable bonds is 4. The summed E-state index contributed by atoms with van der Waals surface area (Å²) < 4.78 is 5.01. The van der Waals surface area contributed by atoms with E-state index >= 15 is 0 Å². The number of ether oxygens (including phenoxy) is 1. The second-order valence-electron chi connectivity index (χ2n) is 6.10. The molecule has 0 aromatic heterocycles. The zero-order chi connectivity index (χ0) is 12.2. The van der Waals surface area contributed by atoms with Gasteiger partial charge in [-0.05, 0) is 36.5 Å². The third kappa shape index (κ3) is 3.23. The Bertz CT molecular complexity index is 245. The molecule has 0 N–H and O–H groups in total. The van der Waals surface area contributed by atoms with Gasteiger partial charge in [0.1, 0.15) is 0 Å². The summed E-state index contributed by atoms with van der Waals surface area (Å²) in [5, 5.41) is 0. The zero-order valence-electron chi connectivity index (χ0n) is 11.3. The topological polar surface area (TPSA) is 26.3 Å². The van der Waals surface area contributed by atoms with Crippen molar-refractivity contribution in [2.45, 2.75) is 66.2 Å². The fourth-order valence-corrected chi connectivity index (χ4v) is 2.86. The first-order chi connectivity index (χ1) is 7.37. The Kier molecular flexibility index (Phi) is 4.40. The Labute approximate surface area is 99.8 Å². The summed E-state index contributed by atoms with van der Waals surface area (Å²) in [6.45, 7) is 9.24. The summed E-state index contributed by atoms with van der Waals surface area (Å²) in [7, 11) is 0. The average molecular weight is 226 g/mol. The van der Waals surface area contributed by atoms with Crippen molar-refractivity contribution in [1.82, 2.24) is 0 Å². The summed E-state index contributed by atoms with van der Waals surface area (Å²) in [5.74, 6) is -0.159. The minimum atomic E-state index is -0.159. The van der Waals surface area contributed by atoms with Crippen LogP contribution in [0.2, 0.25) is 0 Å². The molecule has 1 saturated carbocycles. The van der Waals surface area contributed by atoms with Gasteiger partial charge in [0.15, 0.2) is 0 Å². The monoisotopic (exact) mass is 226 g/mol. The molecule has 1 aliphatic rings. The molecular formula is C14H26O2. The highest BCUT2D eigenvalue weighted by molar-refractivity contribution is 5.65. The van der Waals surface area contributed by atoms with E-state index in [1.165, 1.54) is 39.0 Å². The van der Waals surface area contributed by atoms with Gasteiger partial charge in [-0.15, -0.1) is 0 Å². The molecule has 16 heavy (non-hydrogen) atoms. The van der Waals surface area contributed by atoms with Crippen molar-refractivity contribution < 1.29 is 9.53 Å². The van der Waals surface area contributed by atoms with E-state index in [1.807, 2.05) is 0 Å². The van der Waals surface area contributed by atoms with Crippen molar-refractivity contribution in [2.24, 2.45) is 10.8 Å². The van der Waals surface area contributed by atoms with Crippen LogP contribution in [0.25, 0.3) is 0 Å². The lowest BCUT2D eigenvalue weighted by Gasteiger charge is -2.48. The number of esters is 1. The second-order valence-corrected chi connectivity index (χ2v) is 6.10. The standard InChI is InChI=1S/C14H26O2/c1-12(15)16-11-7-10-14(4)9-6-5-8-13(14,2)3/h5-11H2,1-4H3/t14-/m1/s1. The Morgan fingerprint density at radius 3 is 2.38 bits per heavy atom. The SMILES string of the molecule is CC(=O)OCCC[C@@]1(C)CCCCC1(C)C. The molecule has 0 aliphatic heterocycles. The van der Waals surface area contributed by atoms with Crippen LogP contribution in [0.5, 0.6) is 0 Å². The minimum absolute atomic E-state index is 0.159. The summed E-state index contributed by atoms with van der Waals surface area (Å²) in [4.78, 5) is 10.7. The van der Waals surface area contributed by atoms with Gasteiger partial charge in [-0.1, -0.05) is 33.6 Å². The molecule has 2 heteroatoms. The van der Waals surface area contributed by atoms with Crippen LogP contribution in [0.4, 0.5) is 0 Å². The van der Waals surface area contributed by atoms with E-state index in [2.05, 4.69) is 20.8 Å². The summed E-state index contributed by atoms with van der Waals surface area (Å²) >= 11 is 0. The van der Waals surface area contributed by atoms with Crippen molar-refractivity contribution in [3.05, 3.63) is 0 Å². The molecule has 1 atom stereocenters. The maximum Gasteiger partial charge on any atom is 0.302 e. The largest absolute Gasteiger partial charge is 0.466 e.